The molecule has 0 spiro atoms. The summed E-state index contributed by atoms with van der Waals surface area (Å²) >= 11 is 0. The van der Waals surface area contributed by atoms with Crippen molar-refractivity contribution in [2.24, 2.45) is 0 Å². The maximum absolute atomic E-state index is 14.1. The van der Waals surface area contributed by atoms with E-state index in [-0.39, 0.29) is 0 Å². The van der Waals surface area contributed by atoms with E-state index in [9.17, 15) is 222 Å². The second kappa shape index (κ2) is 34.8. The third kappa shape index (κ3) is 28.0. The van der Waals surface area contributed by atoms with E-state index in [4.69, 9.17) is 0 Å². The number of amides is 2. The van der Waals surface area contributed by atoms with Gasteiger partial charge in [-0.25, -0.2) is 80.9 Å². The zero-order valence-electron chi connectivity index (χ0n) is 53.4. The molecule has 0 aromatic heterocycles. The Morgan fingerprint density at radius 3 is 0.435 bits per heavy atom. The molecule has 0 radical (unpaired) electrons. The lowest BCUT2D eigenvalue weighted by atomic mass is 10.1. The second-order valence-electron chi connectivity index (χ2n) is 20.5. The van der Waals surface area contributed by atoms with Crippen molar-refractivity contribution >= 4 is 36.1 Å². The minimum absolute atomic E-state index is 0.400. The van der Waals surface area contributed by atoms with Crippen LogP contribution in [0, 0.1) is 0 Å². The van der Waals surface area contributed by atoms with Gasteiger partial charge in [0.05, 0.1) is 0 Å². The third-order valence-electron chi connectivity index (χ3n) is 10.6. The molecule has 25 nitrogen and oxygen atoms in total. The van der Waals surface area contributed by atoms with Crippen LogP contribution in [-0.2, 0) is 99.7 Å². The molecule has 0 aliphatic rings. The molecule has 0 rings (SSSR count). The molecule has 0 atom stereocenters. The van der Waals surface area contributed by atoms with Gasteiger partial charge < -0.3 is 39.1 Å². The molecule has 115 heavy (non-hydrogen) atoms. The van der Waals surface area contributed by atoms with Gasteiger partial charge in [0.1, 0.15) is 37.5 Å². The highest BCUT2D eigenvalue weighted by Crippen LogP contribution is 2.58. The Morgan fingerprint density at radius 1 is 0.209 bits per heavy atom. The Hall–Kier alpha value is -8.14. The highest BCUT2D eigenvalue weighted by Gasteiger charge is 2.84. The number of carbonyl (C=O) groups excluding carboxylic acids is 6. The fourth-order valence-corrected chi connectivity index (χ4v) is 5.32. The van der Waals surface area contributed by atoms with Gasteiger partial charge in [0.25, 0.3) is 0 Å². The average molecular weight is 1820 g/mol. The maximum Gasteiger partial charge on any atom is 0.453 e. The number of halogens is 44. The van der Waals surface area contributed by atoms with Gasteiger partial charge in [0, 0.05) is 24.3 Å². The first-order chi connectivity index (χ1) is 50.3. The molecular formula is C46H32F44N2O23. The van der Waals surface area contributed by atoms with Crippen LogP contribution in [0.15, 0.2) is 50.6 Å². The Kier molecular flexibility index (Phi) is 32.3. The molecule has 2 N–H and O–H groups in total. The number of ether oxygens (including phenoxy) is 17. The lowest BCUT2D eigenvalue weighted by Crippen LogP contribution is -2.63. The van der Waals surface area contributed by atoms with E-state index in [0.717, 1.165) is 33.2 Å². The molecule has 0 aromatic rings. The van der Waals surface area contributed by atoms with Crippen LogP contribution in [0.3, 0.4) is 0 Å². The minimum atomic E-state index is -8.91. The van der Waals surface area contributed by atoms with Crippen LogP contribution in [0.2, 0.25) is 0 Å². The van der Waals surface area contributed by atoms with Crippen LogP contribution in [0.4, 0.5) is 203 Å². The summed E-state index contributed by atoms with van der Waals surface area (Å²) in [4.78, 5) is 69.5. The van der Waals surface area contributed by atoms with Crippen molar-refractivity contribution in [3.05, 3.63) is 50.6 Å². The number of esters is 4. The molecule has 0 heterocycles. The Morgan fingerprint density at radius 2 is 0.322 bits per heavy atom. The number of alkyl carbamates (subject to hydrolysis) is 2. The largest absolute Gasteiger partial charge is 0.460 e. The predicted molar refractivity (Wildman–Crippen MR) is 251 cm³/mol. The van der Waals surface area contributed by atoms with Crippen LogP contribution in [0.1, 0.15) is 13.8 Å². The molecule has 0 saturated heterocycles. The van der Waals surface area contributed by atoms with Crippen molar-refractivity contribution in [2.45, 2.75) is 159 Å². The molecule has 0 saturated carbocycles. The van der Waals surface area contributed by atoms with Crippen molar-refractivity contribution in [1.82, 2.24) is 10.6 Å². The summed E-state index contributed by atoms with van der Waals surface area (Å²) in [6.07, 6.45) is -188. The second-order valence-corrected chi connectivity index (χ2v) is 20.5. The van der Waals surface area contributed by atoms with E-state index in [0.29, 0.717) is 38.2 Å². The first kappa shape index (κ1) is 107. The molecule has 0 aliphatic carbocycles. The zero-order valence-corrected chi connectivity index (χ0v) is 53.4. The molecular weight excluding hydrogens is 1780 g/mol. The summed E-state index contributed by atoms with van der Waals surface area (Å²) in [6, 6.07) is 0. The zero-order chi connectivity index (χ0) is 92.0. The molecule has 0 aliphatic heterocycles. The molecule has 0 bridgehead atoms. The van der Waals surface area contributed by atoms with Gasteiger partial charge in [0.2, 0.25) is 0 Å². The SMILES string of the molecule is C=CC(=O)OCC(C)(COC(=O)C=C)NC(=O)OCC(F)(F)OC(F)(F)C(F)(F)OC(F)(F)C(F)(F)OC(F)(F)C(F)(F)OC(F)(F)C(F)(F)OC(F)(F)C(F)(F)OC(F)(F)C(F)(F)OC(F)(F)C(F)(F)OC(F)(F)C(F)(F)OC(F)(F)C(F)(F)OC(F)(F)C(F)(F)OC(F)(F)COC(=O)NC(C)(COC(=O)C=C)COC(=O)C=C. The third-order valence-corrected chi connectivity index (χ3v) is 10.6. The molecule has 69 heteroatoms. The van der Waals surface area contributed by atoms with E-state index in [1.165, 1.54) is 20.1 Å². The van der Waals surface area contributed by atoms with Gasteiger partial charge in [-0.05, 0) is 13.8 Å². The normalized spacial score (nSPS) is 14.9. The summed E-state index contributed by atoms with van der Waals surface area (Å²) in [5, 5.41) is 2.79. The minimum Gasteiger partial charge on any atom is -0.460 e. The molecule has 0 aromatic carbocycles. The molecule has 0 fully saturated rings. The van der Waals surface area contributed by atoms with Gasteiger partial charge >= 0.3 is 170 Å². The highest BCUT2D eigenvalue weighted by atomic mass is 19.4. The number of hydrogen-bond acceptors (Lipinski definition) is 23. The fraction of sp³-hybridized carbons (Fsp3) is 0.696. The van der Waals surface area contributed by atoms with Crippen LogP contribution in [0.25, 0.3) is 0 Å². The first-order valence-corrected chi connectivity index (χ1v) is 26.4. The molecule has 2 amide bonds. The number of rotatable bonds is 50. The molecule has 672 valence electrons. The van der Waals surface area contributed by atoms with Crippen molar-refractivity contribution in [1.29, 1.82) is 0 Å². The van der Waals surface area contributed by atoms with E-state index in [2.05, 4.69) is 54.7 Å². The Labute approximate surface area is 599 Å². The van der Waals surface area contributed by atoms with E-state index < -0.39 is 221 Å². The predicted octanol–water partition coefficient (Wildman–Crippen LogP) is 14.1. The fourth-order valence-electron chi connectivity index (χ4n) is 5.32. The summed E-state index contributed by atoms with van der Waals surface area (Å²) in [6.45, 7) is 1.48. The summed E-state index contributed by atoms with van der Waals surface area (Å²) in [7, 11) is 0. The van der Waals surface area contributed by atoms with Crippen LogP contribution >= 0.6 is 0 Å². The molecule has 0 unspecified atom stereocenters. The van der Waals surface area contributed by atoms with Gasteiger partial charge in [0.15, 0.2) is 13.2 Å². The van der Waals surface area contributed by atoms with Gasteiger partial charge in [-0.3, -0.25) is 0 Å². The summed E-state index contributed by atoms with van der Waals surface area (Å²) in [5.41, 5.74) is -4.79. The topological polar surface area (TPSA) is 283 Å². The van der Waals surface area contributed by atoms with E-state index in [1.807, 2.05) is 9.47 Å². The summed E-state index contributed by atoms with van der Waals surface area (Å²) in [5.74, 6) is -5.54. The maximum atomic E-state index is 14.1. The average Bonchev–Trinajstić information content (AvgIpc) is 0.745. The number of hydrogen-bond donors (Lipinski definition) is 2. The van der Waals surface area contributed by atoms with Crippen LogP contribution in [0.5, 0.6) is 0 Å². The Bertz CT molecular complexity index is 3170. The van der Waals surface area contributed by atoms with Crippen molar-refractivity contribution in [3.8, 4) is 0 Å². The van der Waals surface area contributed by atoms with Gasteiger partial charge in [-0.1, -0.05) is 26.3 Å². The summed E-state index contributed by atoms with van der Waals surface area (Å²) < 4.78 is 656. The quantitative estimate of drug-likeness (QED) is 0.0248. The van der Waals surface area contributed by atoms with Crippen LogP contribution < -0.4 is 10.6 Å². The smallest absolute Gasteiger partial charge is 0.453 e. The monoisotopic (exact) mass is 1820 g/mol. The number of alkyl halides is 44. The van der Waals surface area contributed by atoms with E-state index >= 15 is 0 Å². The van der Waals surface area contributed by atoms with E-state index in [1.54, 1.807) is 0 Å². The lowest BCUT2D eigenvalue weighted by Gasteiger charge is -2.38. The van der Waals surface area contributed by atoms with Crippen molar-refractivity contribution < 1.29 is 302 Å². The standard InChI is InChI=1S/C46H32F44N2O23/c1-7-17(93)99-11-23(5,12-100-18(94)8-2)91-21(97)103-15-25(47,48)105-27(51,52)29(55,56)107-31(59,60)33(63,64)109-35(67,68)37(71,72)111-39(75,76)41(79,80)113-43(83,84)45(87,88)115-46(89,90)44(85,86)114-42(81,82)40(77,78)112-38(73,74)36(69,70)110-34(65,66)32(61,62)108-30(57,58)28(53,54)106-26(49,50)16-104-22(98)92-24(6,13-101-19(95)9-3)14-102-20(96)10-4/h7-10H,1-4,11-16H2,5-6H3,(H,91,97)(H,92,98). The van der Waals surface area contributed by atoms with Gasteiger partial charge in [-0.2, -0.15) is 193 Å². The lowest BCUT2D eigenvalue weighted by molar-refractivity contribution is -0.604. The number of nitrogens with one attached hydrogen (secondary N) is 2. The van der Waals surface area contributed by atoms with Crippen molar-refractivity contribution in [2.75, 3.05) is 39.6 Å². The highest BCUT2D eigenvalue weighted by molar-refractivity contribution is 5.82. The Balaban J connectivity index is 6.61. The van der Waals surface area contributed by atoms with Crippen LogP contribution in [-0.4, -0.2) is 221 Å². The van der Waals surface area contributed by atoms with Gasteiger partial charge in [-0.15, -0.1) is 0 Å². The first-order valence-electron chi connectivity index (χ1n) is 26.4. The number of carbonyl (C=O) groups is 6. The van der Waals surface area contributed by atoms with Crippen molar-refractivity contribution in [3.63, 3.8) is 0 Å².